The lowest BCUT2D eigenvalue weighted by Crippen LogP contribution is -2.48. The van der Waals surface area contributed by atoms with Crippen molar-refractivity contribution >= 4 is 11.8 Å². The topological polar surface area (TPSA) is 76.9 Å². The van der Waals surface area contributed by atoms with E-state index in [9.17, 15) is 18.4 Å². The zero-order valence-corrected chi connectivity index (χ0v) is 21.6. The molecule has 0 bridgehead atoms. The lowest BCUT2D eigenvalue weighted by atomic mass is 9.89. The first-order valence-electron chi connectivity index (χ1n) is 13.1. The lowest BCUT2D eigenvalue weighted by Gasteiger charge is -2.35. The minimum Gasteiger partial charge on any atom is -0.491 e. The molecule has 3 aliphatic rings. The van der Waals surface area contributed by atoms with Crippen LogP contribution in [0.1, 0.15) is 66.3 Å². The first-order valence-corrected chi connectivity index (χ1v) is 13.1. The summed E-state index contributed by atoms with van der Waals surface area (Å²) < 4.78 is 40.6. The van der Waals surface area contributed by atoms with E-state index >= 15 is 0 Å². The highest BCUT2D eigenvalue weighted by Gasteiger charge is 2.34. The van der Waals surface area contributed by atoms with Crippen LogP contribution in [0.2, 0.25) is 0 Å². The summed E-state index contributed by atoms with van der Waals surface area (Å²) in [5, 5.41) is 4.63. The molecule has 2 atom stereocenters. The van der Waals surface area contributed by atoms with E-state index in [1.165, 1.54) is 19.2 Å². The Hall–Kier alpha value is -3.01. The van der Waals surface area contributed by atoms with Crippen LogP contribution in [0.15, 0.2) is 12.1 Å². The second-order valence-electron chi connectivity index (χ2n) is 10.4. The number of piperidine rings is 1. The number of likely N-dealkylation sites (tertiary alicyclic amines) is 1. The standard InChI is InChI=1S/C27H34F2N4O4/c1-16-13-32(14-17(2)37-16)27(35)25-20-5-4-6-23(20)33(30-25)15-24(34)31-9-7-18(8-10-31)19-11-21(28)26(36-3)22(29)12-19/h11-12,16-18H,4-10,13-15H2,1-3H3/t16-,17+. The summed E-state index contributed by atoms with van der Waals surface area (Å²) in [7, 11) is 1.24. The number of halogens is 2. The fourth-order valence-corrected chi connectivity index (χ4v) is 6.01. The number of nitrogens with zero attached hydrogens (tertiary/aromatic N) is 4. The fourth-order valence-electron chi connectivity index (χ4n) is 6.01. The normalized spacial score (nSPS) is 22.3. The average molecular weight is 517 g/mol. The second-order valence-corrected chi connectivity index (χ2v) is 10.4. The van der Waals surface area contributed by atoms with E-state index < -0.39 is 11.6 Å². The van der Waals surface area contributed by atoms with Crippen molar-refractivity contribution < 1.29 is 27.8 Å². The van der Waals surface area contributed by atoms with Gasteiger partial charge in [0.2, 0.25) is 5.91 Å². The van der Waals surface area contributed by atoms with Crippen molar-refractivity contribution in [3.05, 3.63) is 46.3 Å². The maximum atomic E-state index is 14.2. The van der Waals surface area contributed by atoms with Gasteiger partial charge in [0, 0.05) is 37.4 Å². The summed E-state index contributed by atoms with van der Waals surface area (Å²) in [6.45, 7) is 6.06. The molecule has 2 fully saturated rings. The highest BCUT2D eigenvalue weighted by molar-refractivity contribution is 5.94. The Bertz CT molecular complexity index is 1160. The predicted molar refractivity (Wildman–Crippen MR) is 132 cm³/mol. The SMILES string of the molecule is COc1c(F)cc(C2CCN(C(=O)Cn3nc(C(=O)N4C[C@@H](C)O[C@@H](C)C4)c4c3CCC4)CC2)cc1F. The van der Waals surface area contributed by atoms with Gasteiger partial charge in [0.25, 0.3) is 5.91 Å². The van der Waals surface area contributed by atoms with Crippen LogP contribution in [0.5, 0.6) is 5.75 Å². The maximum Gasteiger partial charge on any atom is 0.274 e. The Morgan fingerprint density at radius 3 is 2.32 bits per heavy atom. The number of carbonyl (C=O) groups excluding carboxylic acids is 2. The molecule has 37 heavy (non-hydrogen) atoms. The van der Waals surface area contributed by atoms with E-state index in [4.69, 9.17) is 9.47 Å². The van der Waals surface area contributed by atoms with Crippen molar-refractivity contribution in [1.82, 2.24) is 19.6 Å². The number of ether oxygens (including phenoxy) is 2. The van der Waals surface area contributed by atoms with Crippen LogP contribution in [-0.2, 0) is 28.9 Å². The van der Waals surface area contributed by atoms with Gasteiger partial charge in [-0.3, -0.25) is 14.3 Å². The van der Waals surface area contributed by atoms with Crippen molar-refractivity contribution in [2.75, 3.05) is 33.3 Å². The Labute approximate surface area is 215 Å². The van der Waals surface area contributed by atoms with Crippen LogP contribution in [0, 0.1) is 11.6 Å². The number of amides is 2. The molecule has 200 valence electrons. The third kappa shape index (κ3) is 5.08. The van der Waals surface area contributed by atoms with E-state index in [0.717, 1.165) is 30.5 Å². The molecule has 2 amide bonds. The maximum absolute atomic E-state index is 14.2. The molecule has 0 N–H and O–H groups in total. The van der Waals surface area contributed by atoms with Crippen LogP contribution >= 0.6 is 0 Å². The molecule has 5 rings (SSSR count). The lowest BCUT2D eigenvalue weighted by molar-refractivity contribution is -0.133. The molecular weight excluding hydrogens is 482 g/mol. The van der Waals surface area contributed by atoms with Gasteiger partial charge in [0.05, 0.1) is 19.3 Å². The minimum absolute atomic E-state index is 0.0294. The molecule has 1 aliphatic carbocycles. The highest BCUT2D eigenvalue weighted by atomic mass is 19.1. The zero-order chi connectivity index (χ0) is 26.3. The van der Waals surface area contributed by atoms with Gasteiger partial charge in [-0.15, -0.1) is 0 Å². The molecule has 2 aliphatic heterocycles. The van der Waals surface area contributed by atoms with Gasteiger partial charge in [-0.1, -0.05) is 0 Å². The monoisotopic (exact) mass is 516 g/mol. The fraction of sp³-hybridized carbons (Fsp3) is 0.593. The number of hydrogen-bond donors (Lipinski definition) is 0. The molecule has 0 radical (unpaired) electrons. The molecular formula is C27H34F2N4O4. The van der Waals surface area contributed by atoms with E-state index in [2.05, 4.69) is 5.10 Å². The number of fused-ring (bicyclic) bond motifs is 1. The third-order valence-electron chi connectivity index (χ3n) is 7.75. The first-order chi connectivity index (χ1) is 17.7. The van der Waals surface area contributed by atoms with Gasteiger partial charge in [-0.05, 0) is 69.6 Å². The first kappa shape index (κ1) is 25.6. The van der Waals surface area contributed by atoms with Gasteiger partial charge in [0.1, 0.15) is 6.54 Å². The number of methoxy groups -OCH3 is 1. The quantitative estimate of drug-likeness (QED) is 0.610. The van der Waals surface area contributed by atoms with Crippen molar-refractivity contribution in [3.63, 3.8) is 0 Å². The minimum atomic E-state index is -0.713. The molecule has 3 heterocycles. The molecule has 2 saturated heterocycles. The number of aromatic nitrogens is 2. The van der Waals surface area contributed by atoms with Crippen molar-refractivity contribution in [2.24, 2.45) is 0 Å². The Balaban J connectivity index is 1.24. The molecule has 0 spiro atoms. The van der Waals surface area contributed by atoms with Crippen LogP contribution in [-0.4, -0.2) is 76.9 Å². The largest absolute Gasteiger partial charge is 0.491 e. The summed E-state index contributed by atoms with van der Waals surface area (Å²) in [5.74, 6) is -1.99. The van der Waals surface area contributed by atoms with Crippen LogP contribution in [0.4, 0.5) is 8.78 Å². The van der Waals surface area contributed by atoms with Crippen molar-refractivity contribution in [3.8, 4) is 5.75 Å². The zero-order valence-electron chi connectivity index (χ0n) is 21.6. The van der Waals surface area contributed by atoms with E-state index in [1.807, 2.05) is 18.7 Å². The summed E-state index contributed by atoms with van der Waals surface area (Å²) in [5.41, 5.74) is 2.99. The smallest absolute Gasteiger partial charge is 0.274 e. The Morgan fingerprint density at radius 1 is 1.05 bits per heavy atom. The summed E-state index contributed by atoms with van der Waals surface area (Å²) in [4.78, 5) is 30.1. The van der Waals surface area contributed by atoms with Crippen LogP contribution in [0.3, 0.4) is 0 Å². The summed E-state index contributed by atoms with van der Waals surface area (Å²) >= 11 is 0. The summed E-state index contributed by atoms with van der Waals surface area (Å²) in [6.07, 6.45) is 3.71. The number of carbonyl (C=O) groups is 2. The van der Waals surface area contributed by atoms with Crippen molar-refractivity contribution in [1.29, 1.82) is 0 Å². The molecule has 8 nitrogen and oxygen atoms in total. The van der Waals surface area contributed by atoms with Gasteiger partial charge in [-0.25, -0.2) is 8.78 Å². The van der Waals surface area contributed by atoms with E-state index in [0.29, 0.717) is 50.3 Å². The van der Waals surface area contributed by atoms with Gasteiger partial charge >= 0.3 is 0 Å². The number of hydrogen-bond acceptors (Lipinski definition) is 5. The summed E-state index contributed by atoms with van der Waals surface area (Å²) in [6, 6.07) is 2.65. The molecule has 1 aromatic carbocycles. The van der Waals surface area contributed by atoms with Crippen molar-refractivity contribution in [2.45, 2.75) is 70.6 Å². The Morgan fingerprint density at radius 2 is 1.70 bits per heavy atom. The number of morpholine rings is 1. The number of rotatable bonds is 5. The van der Waals surface area contributed by atoms with Gasteiger partial charge < -0.3 is 19.3 Å². The molecule has 10 heteroatoms. The average Bonchev–Trinajstić information content (AvgIpc) is 3.47. The predicted octanol–water partition coefficient (Wildman–Crippen LogP) is 3.31. The Kier molecular flexibility index (Phi) is 7.20. The highest BCUT2D eigenvalue weighted by Crippen LogP contribution is 2.33. The van der Waals surface area contributed by atoms with Gasteiger partial charge in [-0.2, -0.15) is 5.10 Å². The molecule has 1 aromatic heterocycles. The van der Waals surface area contributed by atoms with E-state index in [-0.39, 0.29) is 42.2 Å². The molecule has 0 saturated carbocycles. The molecule has 2 aromatic rings. The third-order valence-corrected chi connectivity index (χ3v) is 7.75. The van der Waals surface area contributed by atoms with E-state index in [1.54, 1.807) is 9.58 Å². The van der Waals surface area contributed by atoms with Crippen LogP contribution in [0.25, 0.3) is 0 Å². The second kappa shape index (κ2) is 10.4. The van der Waals surface area contributed by atoms with Crippen LogP contribution < -0.4 is 4.74 Å². The number of benzene rings is 1. The molecule has 0 unspecified atom stereocenters. The van der Waals surface area contributed by atoms with Gasteiger partial charge in [0.15, 0.2) is 23.1 Å².